The lowest BCUT2D eigenvalue weighted by Crippen LogP contribution is -2.51. The highest BCUT2D eigenvalue weighted by atomic mass is 16.2. The molecule has 0 aromatic carbocycles. The normalized spacial score (nSPS) is 41.5. The fourth-order valence-corrected chi connectivity index (χ4v) is 4.52. The minimum absolute atomic E-state index is 0.113. The second-order valence-electron chi connectivity index (χ2n) is 7.63. The first-order valence-electron chi connectivity index (χ1n) is 8.66. The summed E-state index contributed by atoms with van der Waals surface area (Å²) >= 11 is 0. The average Bonchev–Trinajstić information content (AvgIpc) is 2.90. The van der Waals surface area contributed by atoms with Crippen LogP contribution in [0.5, 0.6) is 0 Å². The molecule has 2 aliphatic heterocycles. The van der Waals surface area contributed by atoms with E-state index in [0.717, 1.165) is 25.4 Å². The van der Waals surface area contributed by atoms with E-state index in [1.165, 1.54) is 44.9 Å². The Morgan fingerprint density at radius 1 is 1.30 bits per heavy atom. The molecule has 1 N–H and O–H groups in total. The van der Waals surface area contributed by atoms with Crippen LogP contribution in [0.4, 0.5) is 0 Å². The molecule has 0 aromatic rings. The van der Waals surface area contributed by atoms with Crippen LogP contribution in [0, 0.1) is 11.3 Å². The van der Waals surface area contributed by atoms with Crippen LogP contribution in [0.3, 0.4) is 0 Å². The molecule has 3 nitrogen and oxygen atoms in total. The standard InChI is InChI=1S/C17H30N2O/c1-3-17(2)9-6-10-19(12-17)16(20)15-11-13-7-4-5-8-14(13)18-15/h13-15,18H,3-12H2,1-2H3. The van der Waals surface area contributed by atoms with Crippen LogP contribution in [0.1, 0.15) is 65.2 Å². The predicted octanol–water partition coefficient (Wildman–Crippen LogP) is 2.95. The third kappa shape index (κ3) is 2.74. The lowest BCUT2D eigenvalue weighted by Gasteiger charge is -2.41. The van der Waals surface area contributed by atoms with E-state index in [2.05, 4.69) is 24.1 Å². The van der Waals surface area contributed by atoms with Gasteiger partial charge in [0.25, 0.3) is 0 Å². The maximum atomic E-state index is 12.8. The Balaban J connectivity index is 1.61. The van der Waals surface area contributed by atoms with Gasteiger partial charge in [0.05, 0.1) is 6.04 Å². The summed E-state index contributed by atoms with van der Waals surface area (Å²) in [6.07, 6.45) is 10.0. The number of likely N-dealkylation sites (tertiary alicyclic amines) is 1. The zero-order valence-electron chi connectivity index (χ0n) is 13.2. The highest BCUT2D eigenvalue weighted by Gasteiger charge is 2.41. The van der Waals surface area contributed by atoms with Crippen molar-refractivity contribution in [2.45, 2.75) is 77.3 Å². The number of hydrogen-bond donors (Lipinski definition) is 1. The maximum absolute atomic E-state index is 12.8. The fourth-order valence-electron chi connectivity index (χ4n) is 4.52. The van der Waals surface area contributed by atoms with Gasteiger partial charge in [0.15, 0.2) is 0 Å². The van der Waals surface area contributed by atoms with Gasteiger partial charge in [0, 0.05) is 19.1 Å². The third-order valence-corrected chi connectivity index (χ3v) is 6.11. The van der Waals surface area contributed by atoms with Crippen LogP contribution in [0.2, 0.25) is 0 Å². The first-order valence-corrected chi connectivity index (χ1v) is 8.66. The van der Waals surface area contributed by atoms with E-state index < -0.39 is 0 Å². The molecule has 3 aliphatic rings. The van der Waals surface area contributed by atoms with Crippen molar-refractivity contribution in [2.24, 2.45) is 11.3 Å². The molecule has 0 aromatic heterocycles. The number of amides is 1. The lowest BCUT2D eigenvalue weighted by atomic mass is 9.79. The quantitative estimate of drug-likeness (QED) is 0.842. The van der Waals surface area contributed by atoms with Gasteiger partial charge in [-0.3, -0.25) is 4.79 Å². The Kier molecular flexibility index (Phi) is 4.07. The van der Waals surface area contributed by atoms with Gasteiger partial charge < -0.3 is 10.2 Å². The summed E-state index contributed by atoms with van der Waals surface area (Å²) < 4.78 is 0. The molecule has 2 heterocycles. The molecule has 0 bridgehead atoms. The summed E-state index contributed by atoms with van der Waals surface area (Å²) in [6.45, 7) is 6.54. The van der Waals surface area contributed by atoms with Gasteiger partial charge in [-0.2, -0.15) is 0 Å². The van der Waals surface area contributed by atoms with E-state index >= 15 is 0 Å². The van der Waals surface area contributed by atoms with Crippen LogP contribution in [-0.2, 0) is 4.79 Å². The number of fused-ring (bicyclic) bond motifs is 1. The van der Waals surface area contributed by atoms with Crippen molar-refractivity contribution in [1.82, 2.24) is 10.2 Å². The molecule has 1 aliphatic carbocycles. The Labute approximate surface area is 123 Å². The number of carbonyl (C=O) groups excluding carboxylic acids is 1. The molecular weight excluding hydrogens is 248 g/mol. The van der Waals surface area contributed by atoms with Crippen LogP contribution in [-0.4, -0.2) is 36.0 Å². The summed E-state index contributed by atoms with van der Waals surface area (Å²) in [6, 6.07) is 0.738. The largest absolute Gasteiger partial charge is 0.341 e. The predicted molar refractivity (Wildman–Crippen MR) is 81.5 cm³/mol. The zero-order valence-corrected chi connectivity index (χ0v) is 13.2. The van der Waals surface area contributed by atoms with E-state index in [1.807, 2.05) is 0 Å². The molecule has 1 amide bonds. The number of hydrogen-bond acceptors (Lipinski definition) is 2. The van der Waals surface area contributed by atoms with Crippen molar-refractivity contribution in [3.05, 3.63) is 0 Å². The van der Waals surface area contributed by atoms with E-state index in [0.29, 0.717) is 17.4 Å². The van der Waals surface area contributed by atoms with Crippen molar-refractivity contribution in [3.8, 4) is 0 Å². The first kappa shape index (κ1) is 14.4. The monoisotopic (exact) mass is 278 g/mol. The SMILES string of the molecule is CCC1(C)CCCN(C(=O)C2CC3CCCCC3N2)C1. The molecule has 2 saturated heterocycles. The van der Waals surface area contributed by atoms with Crippen molar-refractivity contribution in [3.63, 3.8) is 0 Å². The Morgan fingerprint density at radius 3 is 2.85 bits per heavy atom. The topological polar surface area (TPSA) is 32.3 Å². The Morgan fingerprint density at radius 2 is 2.10 bits per heavy atom. The highest BCUT2D eigenvalue weighted by molar-refractivity contribution is 5.82. The number of piperidine rings is 1. The van der Waals surface area contributed by atoms with Crippen molar-refractivity contribution < 1.29 is 4.79 Å². The molecule has 4 unspecified atom stereocenters. The van der Waals surface area contributed by atoms with Gasteiger partial charge in [-0.05, 0) is 49.9 Å². The molecule has 114 valence electrons. The van der Waals surface area contributed by atoms with Gasteiger partial charge in [0.2, 0.25) is 5.91 Å². The minimum Gasteiger partial charge on any atom is -0.341 e. The number of nitrogens with one attached hydrogen (secondary N) is 1. The number of nitrogens with zero attached hydrogens (tertiary/aromatic N) is 1. The molecule has 3 heteroatoms. The van der Waals surface area contributed by atoms with E-state index in [4.69, 9.17) is 0 Å². The third-order valence-electron chi connectivity index (χ3n) is 6.11. The number of carbonyl (C=O) groups is 1. The maximum Gasteiger partial charge on any atom is 0.239 e. The average molecular weight is 278 g/mol. The Hall–Kier alpha value is -0.570. The van der Waals surface area contributed by atoms with E-state index in [-0.39, 0.29) is 6.04 Å². The second kappa shape index (κ2) is 5.67. The van der Waals surface area contributed by atoms with Crippen LogP contribution in [0.25, 0.3) is 0 Å². The summed E-state index contributed by atoms with van der Waals surface area (Å²) in [7, 11) is 0. The summed E-state index contributed by atoms with van der Waals surface area (Å²) in [5.74, 6) is 1.15. The molecule has 20 heavy (non-hydrogen) atoms. The summed E-state index contributed by atoms with van der Waals surface area (Å²) in [4.78, 5) is 15.0. The van der Waals surface area contributed by atoms with Gasteiger partial charge in [0.1, 0.15) is 0 Å². The van der Waals surface area contributed by atoms with Crippen molar-refractivity contribution in [2.75, 3.05) is 13.1 Å². The molecule has 4 atom stereocenters. The van der Waals surface area contributed by atoms with E-state index in [1.54, 1.807) is 0 Å². The van der Waals surface area contributed by atoms with Gasteiger partial charge in [-0.25, -0.2) is 0 Å². The second-order valence-corrected chi connectivity index (χ2v) is 7.63. The molecule has 0 spiro atoms. The van der Waals surface area contributed by atoms with Gasteiger partial charge in [-0.1, -0.05) is 26.7 Å². The fraction of sp³-hybridized carbons (Fsp3) is 0.941. The van der Waals surface area contributed by atoms with Crippen LogP contribution in [0.15, 0.2) is 0 Å². The molecule has 3 fully saturated rings. The first-order chi connectivity index (χ1) is 9.61. The molecule has 1 saturated carbocycles. The van der Waals surface area contributed by atoms with Crippen molar-refractivity contribution >= 4 is 5.91 Å². The summed E-state index contributed by atoms with van der Waals surface area (Å²) in [5, 5.41) is 3.64. The van der Waals surface area contributed by atoms with E-state index in [9.17, 15) is 4.79 Å². The Bertz CT molecular complexity index is 356. The zero-order chi connectivity index (χ0) is 14.2. The minimum atomic E-state index is 0.113. The van der Waals surface area contributed by atoms with Crippen molar-refractivity contribution in [1.29, 1.82) is 0 Å². The smallest absolute Gasteiger partial charge is 0.239 e. The lowest BCUT2D eigenvalue weighted by molar-refractivity contribution is -0.136. The number of rotatable bonds is 2. The molecular formula is C17H30N2O. The molecule has 0 radical (unpaired) electrons. The van der Waals surface area contributed by atoms with Gasteiger partial charge in [-0.15, -0.1) is 0 Å². The summed E-state index contributed by atoms with van der Waals surface area (Å²) in [5.41, 5.74) is 0.347. The highest BCUT2D eigenvalue weighted by Crippen LogP contribution is 2.36. The molecule has 3 rings (SSSR count). The van der Waals surface area contributed by atoms with Gasteiger partial charge >= 0.3 is 0 Å². The van der Waals surface area contributed by atoms with Crippen LogP contribution >= 0.6 is 0 Å². The van der Waals surface area contributed by atoms with Crippen LogP contribution < -0.4 is 5.32 Å².